The molecule has 0 aliphatic heterocycles. The highest BCUT2D eigenvalue weighted by atomic mass is 16.5. The zero-order chi connectivity index (χ0) is 21.1. The summed E-state index contributed by atoms with van der Waals surface area (Å²) in [5, 5.41) is 16.4. The van der Waals surface area contributed by atoms with Crippen LogP contribution in [0, 0.1) is 12.8 Å². The topological polar surface area (TPSA) is 81.9 Å². The van der Waals surface area contributed by atoms with Gasteiger partial charge in [-0.25, -0.2) is 4.79 Å². The van der Waals surface area contributed by atoms with Crippen molar-refractivity contribution in [1.29, 1.82) is 0 Å². The van der Waals surface area contributed by atoms with E-state index < -0.39 is 11.5 Å². The molecule has 1 aliphatic carbocycles. The fourth-order valence-electron chi connectivity index (χ4n) is 4.16. The first-order valence-corrected chi connectivity index (χ1v) is 10.3. The molecule has 1 aliphatic rings. The van der Waals surface area contributed by atoms with E-state index in [2.05, 4.69) is 59.0 Å². The molecule has 3 aromatic rings. The van der Waals surface area contributed by atoms with Gasteiger partial charge in [-0.1, -0.05) is 36.8 Å². The summed E-state index contributed by atoms with van der Waals surface area (Å²) in [7, 11) is 1.38. The third kappa shape index (κ3) is 3.79. The van der Waals surface area contributed by atoms with Gasteiger partial charge in [0.1, 0.15) is 0 Å². The quantitative estimate of drug-likeness (QED) is 0.638. The Morgan fingerprint density at radius 1 is 1.13 bits per heavy atom. The highest BCUT2D eigenvalue weighted by Gasteiger charge is 2.41. The minimum absolute atomic E-state index is 0.412. The molecular weight excluding hydrogens is 378 g/mol. The number of para-hydroxylation sites is 1. The van der Waals surface area contributed by atoms with E-state index >= 15 is 0 Å². The van der Waals surface area contributed by atoms with Gasteiger partial charge in [0.25, 0.3) is 0 Å². The second-order valence-corrected chi connectivity index (χ2v) is 8.18. The van der Waals surface area contributed by atoms with Gasteiger partial charge in [-0.15, -0.1) is 5.10 Å². The fourth-order valence-corrected chi connectivity index (χ4v) is 4.16. The number of carbonyl (C=O) groups is 1. The summed E-state index contributed by atoms with van der Waals surface area (Å²) in [4.78, 5) is 12.3. The van der Waals surface area contributed by atoms with Crippen LogP contribution in [0.15, 0.2) is 48.5 Å². The number of anilines is 1. The molecule has 30 heavy (non-hydrogen) atoms. The van der Waals surface area contributed by atoms with Crippen LogP contribution in [0.1, 0.15) is 54.4 Å². The van der Waals surface area contributed by atoms with Crippen LogP contribution in [-0.4, -0.2) is 33.3 Å². The Morgan fingerprint density at radius 3 is 2.53 bits per heavy atom. The number of hydrogen-bond donors (Lipinski definition) is 1. The first-order valence-electron chi connectivity index (χ1n) is 10.3. The Labute approximate surface area is 176 Å². The van der Waals surface area contributed by atoms with Crippen molar-refractivity contribution in [2.45, 2.75) is 45.1 Å². The normalized spacial score (nSPS) is 21.2. The Bertz CT molecular complexity index is 1020. The minimum atomic E-state index is -0.422. The average molecular weight is 406 g/mol. The first kappa shape index (κ1) is 20.1. The number of carbonyl (C=O) groups excluding carboxylic acids is 1. The van der Waals surface area contributed by atoms with Crippen LogP contribution >= 0.6 is 0 Å². The molecule has 1 N–H and O–H groups in total. The van der Waals surface area contributed by atoms with E-state index in [1.807, 2.05) is 18.2 Å². The molecule has 1 saturated carbocycles. The standard InChI is InChI=1S/C23H27N5O2/c1-16-8-10-18(11-9-16)24-23(14-12-17(2)13-15-23)22-25-26-27-28(22)20-7-5-4-6-19(20)21(29)30-3/h4-11,17,24H,12-15H2,1-3H3. The maximum absolute atomic E-state index is 12.3. The monoisotopic (exact) mass is 405 g/mol. The van der Waals surface area contributed by atoms with Crippen LogP contribution in [0.25, 0.3) is 5.69 Å². The molecule has 1 heterocycles. The van der Waals surface area contributed by atoms with E-state index in [-0.39, 0.29) is 0 Å². The molecule has 0 saturated heterocycles. The maximum Gasteiger partial charge on any atom is 0.340 e. The number of rotatable bonds is 5. The number of nitrogens with one attached hydrogen (secondary N) is 1. The number of nitrogens with zero attached hydrogens (tertiary/aromatic N) is 4. The van der Waals surface area contributed by atoms with Crippen molar-refractivity contribution in [1.82, 2.24) is 20.2 Å². The summed E-state index contributed by atoms with van der Waals surface area (Å²) >= 11 is 0. The molecule has 0 bridgehead atoms. The van der Waals surface area contributed by atoms with Gasteiger partial charge >= 0.3 is 5.97 Å². The van der Waals surface area contributed by atoms with Gasteiger partial charge in [0, 0.05) is 5.69 Å². The van der Waals surface area contributed by atoms with Crippen molar-refractivity contribution in [2.75, 3.05) is 12.4 Å². The van der Waals surface area contributed by atoms with Crippen LogP contribution in [0.2, 0.25) is 0 Å². The zero-order valence-electron chi connectivity index (χ0n) is 17.6. The third-order valence-electron chi connectivity index (χ3n) is 6.00. The molecule has 1 fully saturated rings. The Balaban J connectivity index is 1.80. The summed E-state index contributed by atoms with van der Waals surface area (Å²) in [6, 6.07) is 15.6. The van der Waals surface area contributed by atoms with Gasteiger partial charge in [0.15, 0.2) is 5.82 Å². The molecule has 156 valence electrons. The van der Waals surface area contributed by atoms with Crippen molar-refractivity contribution < 1.29 is 9.53 Å². The third-order valence-corrected chi connectivity index (χ3v) is 6.00. The van der Waals surface area contributed by atoms with Crippen molar-refractivity contribution in [2.24, 2.45) is 5.92 Å². The molecule has 7 nitrogen and oxygen atoms in total. The van der Waals surface area contributed by atoms with E-state index in [1.165, 1.54) is 12.7 Å². The van der Waals surface area contributed by atoms with Crippen molar-refractivity contribution in [3.63, 3.8) is 0 Å². The largest absolute Gasteiger partial charge is 0.465 e. The van der Waals surface area contributed by atoms with E-state index in [9.17, 15) is 4.79 Å². The second-order valence-electron chi connectivity index (χ2n) is 8.18. The lowest BCUT2D eigenvalue weighted by Crippen LogP contribution is -2.41. The minimum Gasteiger partial charge on any atom is -0.465 e. The van der Waals surface area contributed by atoms with Crippen LogP contribution in [0.3, 0.4) is 0 Å². The number of hydrogen-bond acceptors (Lipinski definition) is 6. The number of aromatic nitrogens is 4. The molecule has 0 atom stereocenters. The van der Waals surface area contributed by atoms with E-state index in [0.29, 0.717) is 23.0 Å². The highest BCUT2D eigenvalue weighted by Crippen LogP contribution is 2.41. The van der Waals surface area contributed by atoms with Gasteiger partial charge in [0.05, 0.1) is 23.9 Å². The summed E-state index contributed by atoms with van der Waals surface area (Å²) < 4.78 is 6.65. The summed E-state index contributed by atoms with van der Waals surface area (Å²) in [6.07, 6.45) is 3.96. The van der Waals surface area contributed by atoms with Gasteiger partial charge in [0.2, 0.25) is 0 Å². The maximum atomic E-state index is 12.3. The smallest absolute Gasteiger partial charge is 0.340 e. The molecule has 4 rings (SSSR count). The Hall–Kier alpha value is -3.22. The predicted molar refractivity (Wildman–Crippen MR) is 115 cm³/mol. The SMILES string of the molecule is COC(=O)c1ccccc1-n1nnnc1C1(Nc2ccc(C)cc2)CCC(C)CC1. The summed E-state index contributed by atoms with van der Waals surface area (Å²) in [6.45, 7) is 4.36. The number of esters is 1. The highest BCUT2D eigenvalue weighted by molar-refractivity contribution is 5.93. The van der Waals surface area contributed by atoms with E-state index in [1.54, 1.807) is 10.7 Å². The molecule has 0 unspecified atom stereocenters. The number of aryl methyl sites for hydroxylation is 1. The lowest BCUT2D eigenvalue weighted by molar-refractivity contribution is 0.0600. The lowest BCUT2D eigenvalue weighted by atomic mass is 9.76. The molecule has 2 aromatic carbocycles. The summed E-state index contributed by atoms with van der Waals surface area (Å²) in [5.74, 6) is 0.959. The van der Waals surface area contributed by atoms with Crippen molar-refractivity contribution >= 4 is 11.7 Å². The van der Waals surface area contributed by atoms with Crippen LogP contribution < -0.4 is 5.32 Å². The molecule has 7 heteroatoms. The second kappa shape index (κ2) is 8.26. The van der Waals surface area contributed by atoms with Gasteiger partial charge < -0.3 is 10.1 Å². The van der Waals surface area contributed by atoms with Gasteiger partial charge in [-0.05, 0) is 73.2 Å². The number of tetrazole rings is 1. The first-order chi connectivity index (χ1) is 14.5. The molecule has 1 aromatic heterocycles. The Morgan fingerprint density at radius 2 is 1.83 bits per heavy atom. The van der Waals surface area contributed by atoms with Crippen molar-refractivity contribution in [3.8, 4) is 5.69 Å². The van der Waals surface area contributed by atoms with Crippen LogP contribution in [0.4, 0.5) is 5.69 Å². The molecule has 0 radical (unpaired) electrons. The Kier molecular flexibility index (Phi) is 5.53. The molecular formula is C23H27N5O2. The van der Waals surface area contributed by atoms with Crippen molar-refractivity contribution in [3.05, 3.63) is 65.5 Å². The van der Waals surface area contributed by atoms with Gasteiger partial charge in [-0.3, -0.25) is 0 Å². The number of methoxy groups -OCH3 is 1. The van der Waals surface area contributed by atoms with E-state index in [0.717, 1.165) is 31.4 Å². The predicted octanol–water partition coefficient (Wildman–Crippen LogP) is 4.27. The van der Waals surface area contributed by atoms with Crippen LogP contribution in [0.5, 0.6) is 0 Å². The zero-order valence-corrected chi connectivity index (χ0v) is 17.6. The van der Waals surface area contributed by atoms with Gasteiger partial charge in [-0.2, -0.15) is 4.68 Å². The summed E-state index contributed by atoms with van der Waals surface area (Å²) in [5.41, 5.74) is 2.88. The van der Waals surface area contributed by atoms with Crippen LogP contribution in [-0.2, 0) is 10.3 Å². The average Bonchev–Trinajstić information content (AvgIpc) is 3.27. The fraction of sp³-hybridized carbons (Fsp3) is 0.391. The van der Waals surface area contributed by atoms with E-state index in [4.69, 9.17) is 4.74 Å². The molecule has 0 amide bonds. The lowest BCUT2D eigenvalue weighted by Gasteiger charge is -2.39. The number of benzene rings is 2. The number of ether oxygens (including phenoxy) is 1. The molecule has 0 spiro atoms.